The van der Waals surface area contributed by atoms with Crippen molar-refractivity contribution in [2.75, 3.05) is 27.9 Å². The maximum atomic E-state index is 12.7. The number of hydrogen-bond acceptors (Lipinski definition) is 6. The summed E-state index contributed by atoms with van der Waals surface area (Å²) in [5.74, 6) is 2.63. The summed E-state index contributed by atoms with van der Waals surface area (Å²) in [6.07, 6.45) is 0.654. The number of ether oxygens (including phenoxy) is 3. The number of aromatic amines is 1. The lowest BCUT2D eigenvalue weighted by Gasteiger charge is -2.28. The van der Waals surface area contributed by atoms with E-state index in [1.807, 2.05) is 43.3 Å². The van der Waals surface area contributed by atoms with E-state index in [1.165, 1.54) is 5.56 Å². The summed E-state index contributed by atoms with van der Waals surface area (Å²) in [6.45, 7) is 4.04. The molecular weight excluding hydrogens is 394 g/mol. The molecule has 2 heterocycles. The molecule has 2 aromatic carbocycles. The molecule has 31 heavy (non-hydrogen) atoms. The predicted molar refractivity (Wildman–Crippen MR) is 119 cm³/mol. The number of nitrogens with zero attached hydrogens (tertiary/aromatic N) is 2. The first-order valence-corrected chi connectivity index (χ1v) is 10.2. The quantitative estimate of drug-likeness (QED) is 0.658. The molecule has 1 aliphatic heterocycles. The molecule has 0 spiro atoms. The van der Waals surface area contributed by atoms with E-state index in [9.17, 15) is 4.79 Å². The molecule has 0 fully saturated rings. The molecule has 1 aliphatic rings. The second kappa shape index (κ2) is 8.81. The van der Waals surface area contributed by atoms with Crippen LogP contribution in [-0.2, 0) is 19.5 Å². The molecule has 1 N–H and O–H groups in total. The van der Waals surface area contributed by atoms with Gasteiger partial charge in [-0.3, -0.25) is 9.69 Å². The first kappa shape index (κ1) is 20.9. The highest BCUT2D eigenvalue weighted by atomic mass is 16.5. The van der Waals surface area contributed by atoms with Gasteiger partial charge in [-0.25, -0.2) is 4.98 Å². The van der Waals surface area contributed by atoms with Crippen LogP contribution in [0.2, 0.25) is 0 Å². The molecule has 1 aromatic heterocycles. The van der Waals surface area contributed by atoms with Crippen molar-refractivity contribution in [2.45, 2.75) is 26.4 Å². The molecule has 0 saturated heterocycles. The number of methoxy groups -OCH3 is 3. The van der Waals surface area contributed by atoms with Crippen LogP contribution in [0.25, 0.3) is 11.4 Å². The largest absolute Gasteiger partial charge is 0.496 e. The van der Waals surface area contributed by atoms with Gasteiger partial charge in [0.05, 0.1) is 27.0 Å². The molecule has 7 heteroatoms. The average molecular weight is 421 g/mol. The van der Waals surface area contributed by atoms with Gasteiger partial charge in [-0.15, -0.1) is 0 Å². The number of fused-ring (bicyclic) bond motifs is 1. The fourth-order valence-electron chi connectivity index (χ4n) is 3.93. The van der Waals surface area contributed by atoms with E-state index in [0.29, 0.717) is 36.8 Å². The number of nitrogens with one attached hydrogen (secondary N) is 1. The summed E-state index contributed by atoms with van der Waals surface area (Å²) in [5.41, 5.74) is 4.61. The normalized spacial score (nSPS) is 13.5. The maximum Gasteiger partial charge on any atom is 0.254 e. The van der Waals surface area contributed by atoms with Crippen LogP contribution in [-0.4, -0.2) is 42.7 Å². The minimum atomic E-state index is -0.0519. The first-order chi connectivity index (χ1) is 15.0. The van der Waals surface area contributed by atoms with Gasteiger partial charge in [0.25, 0.3) is 5.56 Å². The Balaban J connectivity index is 1.62. The zero-order valence-electron chi connectivity index (χ0n) is 18.3. The van der Waals surface area contributed by atoms with Crippen molar-refractivity contribution in [1.29, 1.82) is 0 Å². The fraction of sp³-hybridized carbons (Fsp3) is 0.333. The maximum absolute atomic E-state index is 12.7. The Labute approximate surface area is 181 Å². The Kier molecular flexibility index (Phi) is 5.95. The van der Waals surface area contributed by atoms with E-state index >= 15 is 0 Å². The highest BCUT2D eigenvalue weighted by molar-refractivity contribution is 5.56. The van der Waals surface area contributed by atoms with E-state index < -0.39 is 0 Å². The minimum absolute atomic E-state index is 0.0519. The molecule has 0 aliphatic carbocycles. The van der Waals surface area contributed by atoms with Crippen molar-refractivity contribution in [3.8, 4) is 28.6 Å². The fourth-order valence-corrected chi connectivity index (χ4v) is 3.93. The SMILES string of the molecule is COc1cc(OC)c(OC)cc1CN1CCc2c(nc(-c3ccc(C)cc3)[nH]c2=O)C1. The van der Waals surface area contributed by atoms with Gasteiger partial charge in [-0.2, -0.15) is 0 Å². The highest BCUT2D eigenvalue weighted by Gasteiger charge is 2.23. The summed E-state index contributed by atoms with van der Waals surface area (Å²) < 4.78 is 16.4. The van der Waals surface area contributed by atoms with Gasteiger partial charge in [-0.1, -0.05) is 29.8 Å². The first-order valence-electron chi connectivity index (χ1n) is 10.2. The van der Waals surface area contributed by atoms with Gasteiger partial charge in [0.2, 0.25) is 0 Å². The highest BCUT2D eigenvalue weighted by Crippen LogP contribution is 2.35. The molecule has 0 saturated carbocycles. The van der Waals surface area contributed by atoms with Crippen molar-refractivity contribution < 1.29 is 14.2 Å². The Bertz CT molecular complexity index is 1140. The number of rotatable bonds is 6. The minimum Gasteiger partial charge on any atom is -0.496 e. The smallest absolute Gasteiger partial charge is 0.254 e. The summed E-state index contributed by atoms with van der Waals surface area (Å²) in [4.78, 5) is 22.7. The van der Waals surface area contributed by atoms with Crippen LogP contribution >= 0.6 is 0 Å². The van der Waals surface area contributed by atoms with Crippen LogP contribution in [0, 0.1) is 6.92 Å². The summed E-state index contributed by atoms with van der Waals surface area (Å²) in [5, 5.41) is 0. The van der Waals surface area contributed by atoms with Crippen LogP contribution in [0.1, 0.15) is 22.4 Å². The van der Waals surface area contributed by atoms with E-state index in [4.69, 9.17) is 19.2 Å². The van der Waals surface area contributed by atoms with Crippen LogP contribution in [0.3, 0.4) is 0 Å². The van der Waals surface area contributed by atoms with Gasteiger partial charge >= 0.3 is 0 Å². The Morgan fingerprint density at radius 3 is 2.35 bits per heavy atom. The number of benzene rings is 2. The summed E-state index contributed by atoms with van der Waals surface area (Å²) in [7, 11) is 4.87. The van der Waals surface area contributed by atoms with E-state index in [-0.39, 0.29) is 5.56 Å². The summed E-state index contributed by atoms with van der Waals surface area (Å²) >= 11 is 0. The average Bonchev–Trinajstić information content (AvgIpc) is 2.79. The van der Waals surface area contributed by atoms with E-state index in [2.05, 4.69) is 9.88 Å². The third kappa shape index (κ3) is 4.27. The summed E-state index contributed by atoms with van der Waals surface area (Å²) in [6, 6.07) is 11.8. The Morgan fingerprint density at radius 1 is 1.00 bits per heavy atom. The number of aryl methyl sites for hydroxylation is 1. The predicted octanol–water partition coefficient (Wildman–Crippen LogP) is 3.33. The molecule has 0 radical (unpaired) electrons. The van der Waals surface area contributed by atoms with Crippen molar-refractivity contribution in [3.63, 3.8) is 0 Å². The number of H-pyrrole nitrogens is 1. The van der Waals surface area contributed by atoms with E-state index in [1.54, 1.807) is 21.3 Å². The van der Waals surface area contributed by atoms with Crippen LogP contribution in [0.15, 0.2) is 41.2 Å². The lowest BCUT2D eigenvalue weighted by Crippen LogP contribution is -2.35. The number of aromatic nitrogens is 2. The molecule has 4 rings (SSSR count). The number of hydrogen-bond donors (Lipinski definition) is 1. The van der Waals surface area contributed by atoms with Gasteiger partial charge in [0.15, 0.2) is 11.5 Å². The molecule has 0 atom stereocenters. The van der Waals surface area contributed by atoms with Crippen LogP contribution in [0.5, 0.6) is 17.2 Å². The molecule has 3 aromatic rings. The van der Waals surface area contributed by atoms with Gasteiger partial charge in [0.1, 0.15) is 11.6 Å². The third-order valence-corrected chi connectivity index (χ3v) is 5.66. The topological polar surface area (TPSA) is 76.7 Å². The molecular formula is C24H27N3O4. The van der Waals surface area contributed by atoms with Crippen LogP contribution in [0.4, 0.5) is 0 Å². The van der Waals surface area contributed by atoms with Crippen molar-refractivity contribution >= 4 is 0 Å². The molecule has 7 nitrogen and oxygen atoms in total. The Hall–Kier alpha value is -3.32. The Morgan fingerprint density at radius 2 is 1.68 bits per heavy atom. The molecule has 162 valence electrons. The van der Waals surface area contributed by atoms with Gasteiger partial charge in [-0.05, 0) is 19.4 Å². The molecule has 0 bridgehead atoms. The third-order valence-electron chi connectivity index (χ3n) is 5.66. The van der Waals surface area contributed by atoms with Crippen molar-refractivity contribution in [2.24, 2.45) is 0 Å². The van der Waals surface area contributed by atoms with Gasteiger partial charge in [0, 0.05) is 42.4 Å². The second-order valence-corrected chi connectivity index (χ2v) is 7.69. The standard InChI is InChI=1S/C24H27N3O4/c1-15-5-7-16(8-6-15)23-25-19-14-27(10-9-18(19)24(28)26-23)13-17-11-21(30-3)22(31-4)12-20(17)29-2/h5-8,11-12H,9-10,13-14H2,1-4H3,(H,25,26,28). The zero-order chi connectivity index (χ0) is 22.0. The molecule has 0 amide bonds. The second-order valence-electron chi connectivity index (χ2n) is 7.69. The van der Waals surface area contributed by atoms with Crippen molar-refractivity contribution in [1.82, 2.24) is 14.9 Å². The molecule has 0 unspecified atom stereocenters. The van der Waals surface area contributed by atoms with Gasteiger partial charge < -0.3 is 19.2 Å². The van der Waals surface area contributed by atoms with E-state index in [0.717, 1.165) is 34.7 Å². The van der Waals surface area contributed by atoms with Crippen LogP contribution < -0.4 is 19.8 Å². The monoisotopic (exact) mass is 421 g/mol. The lowest BCUT2D eigenvalue weighted by molar-refractivity contribution is 0.236. The lowest BCUT2D eigenvalue weighted by atomic mass is 10.0. The zero-order valence-corrected chi connectivity index (χ0v) is 18.3. The van der Waals surface area contributed by atoms with Crippen molar-refractivity contribution in [3.05, 3.63) is 69.1 Å².